The van der Waals surface area contributed by atoms with Gasteiger partial charge in [-0.2, -0.15) is 13.2 Å². The predicted molar refractivity (Wildman–Crippen MR) is 57.8 cm³/mol. The lowest BCUT2D eigenvalue weighted by atomic mass is 9.95. The maximum absolute atomic E-state index is 13.2. The van der Waals surface area contributed by atoms with Gasteiger partial charge in [0.05, 0.1) is 5.56 Å². The molecule has 0 saturated carbocycles. The molecule has 0 bridgehead atoms. The fraction of sp³-hybridized carbons (Fsp3) is 0.333. The standard InChI is InChI=1S/C12H13F4N/c1-7(2)6-10(17)8-4-3-5-9(13)11(8)12(14,15)16/h3-5,10H,1,6,17H2,2H3/t10-/m1/s1. The molecule has 0 heterocycles. The number of rotatable bonds is 3. The first-order chi connectivity index (χ1) is 7.73. The van der Waals surface area contributed by atoms with Crippen molar-refractivity contribution >= 4 is 0 Å². The maximum Gasteiger partial charge on any atom is 0.419 e. The van der Waals surface area contributed by atoms with E-state index in [2.05, 4.69) is 6.58 Å². The Morgan fingerprint density at radius 2 is 2.00 bits per heavy atom. The molecule has 0 amide bonds. The summed E-state index contributed by atoms with van der Waals surface area (Å²) in [5.74, 6) is -1.30. The Hall–Kier alpha value is -1.36. The zero-order chi connectivity index (χ0) is 13.2. The molecule has 0 aliphatic heterocycles. The zero-order valence-electron chi connectivity index (χ0n) is 9.31. The molecule has 1 atom stereocenters. The van der Waals surface area contributed by atoms with Crippen molar-refractivity contribution in [3.8, 4) is 0 Å². The molecule has 1 rings (SSSR count). The third-order valence-corrected chi connectivity index (χ3v) is 2.30. The van der Waals surface area contributed by atoms with Crippen molar-refractivity contribution in [3.05, 3.63) is 47.3 Å². The second-order valence-electron chi connectivity index (χ2n) is 3.97. The molecule has 0 saturated heterocycles. The van der Waals surface area contributed by atoms with E-state index in [0.29, 0.717) is 5.57 Å². The van der Waals surface area contributed by atoms with Crippen molar-refractivity contribution in [1.29, 1.82) is 0 Å². The number of hydrogen-bond donors (Lipinski definition) is 1. The van der Waals surface area contributed by atoms with Crippen LogP contribution in [0.1, 0.15) is 30.5 Å². The van der Waals surface area contributed by atoms with E-state index in [1.807, 2.05) is 0 Å². The van der Waals surface area contributed by atoms with Crippen LogP contribution in [-0.4, -0.2) is 0 Å². The molecule has 94 valence electrons. The third-order valence-electron chi connectivity index (χ3n) is 2.30. The van der Waals surface area contributed by atoms with E-state index in [1.165, 1.54) is 12.1 Å². The molecular weight excluding hydrogens is 234 g/mol. The fourth-order valence-electron chi connectivity index (χ4n) is 1.63. The van der Waals surface area contributed by atoms with E-state index in [9.17, 15) is 17.6 Å². The van der Waals surface area contributed by atoms with Crippen LogP contribution in [0.4, 0.5) is 17.6 Å². The number of alkyl halides is 3. The van der Waals surface area contributed by atoms with Gasteiger partial charge in [0.1, 0.15) is 5.82 Å². The van der Waals surface area contributed by atoms with E-state index >= 15 is 0 Å². The summed E-state index contributed by atoms with van der Waals surface area (Å²) in [7, 11) is 0. The number of halogens is 4. The van der Waals surface area contributed by atoms with Gasteiger partial charge >= 0.3 is 6.18 Å². The monoisotopic (exact) mass is 247 g/mol. The first-order valence-electron chi connectivity index (χ1n) is 4.99. The van der Waals surface area contributed by atoms with Crippen LogP contribution in [-0.2, 0) is 6.18 Å². The van der Waals surface area contributed by atoms with Gasteiger partial charge in [0.15, 0.2) is 0 Å². The molecule has 1 aromatic rings. The Bertz CT molecular complexity index is 423. The molecule has 17 heavy (non-hydrogen) atoms. The first kappa shape index (κ1) is 13.7. The lowest BCUT2D eigenvalue weighted by molar-refractivity contribution is -0.140. The molecule has 0 spiro atoms. The summed E-state index contributed by atoms with van der Waals surface area (Å²) in [6.07, 6.45) is -4.56. The van der Waals surface area contributed by atoms with Crippen LogP contribution in [0.25, 0.3) is 0 Å². The average Bonchev–Trinajstić information content (AvgIpc) is 2.14. The number of benzene rings is 1. The van der Waals surface area contributed by atoms with Crippen LogP contribution in [0.15, 0.2) is 30.4 Å². The van der Waals surface area contributed by atoms with Gasteiger partial charge in [-0.25, -0.2) is 4.39 Å². The minimum atomic E-state index is -4.74. The Morgan fingerprint density at radius 1 is 1.41 bits per heavy atom. The minimum Gasteiger partial charge on any atom is -0.324 e. The normalized spacial score (nSPS) is 13.5. The third kappa shape index (κ3) is 3.30. The largest absolute Gasteiger partial charge is 0.419 e. The molecule has 0 aromatic heterocycles. The number of hydrogen-bond acceptors (Lipinski definition) is 1. The van der Waals surface area contributed by atoms with E-state index < -0.39 is 23.6 Å². The lowest BCUT2D eigenvalue weighted by Gasteiger charge is -2.18. The molecular formula is C12H13F4N. The second-order valence-corrected chi connectivity index (χ2v) is 3.97. The maximum atomic E-state index is 13.2. The van der Waals surface area contributed by atoms with Crippen LogP contribution in [0, 0.1) is 5.82 Å². The predicted octanol–water partition coefficient (Wildman–Crippen LogP) is 3.81. The summed E-state index contributed by atoms with van der Waals surface area (Å²) in [5.41, 5.74) is 4.76. The fourth-order valence-corrected chi connectivity index (χ4v) is 1.63. The minimum absolute atomic E-state index is 0.187. The Balaban J connectivity index is 3.24. The van der Waals surface area contributed by atoms with E-state index in [4.69, 9.17) is 5.73 Å². The van der Waals surface area contributed by atoms with Crippen LogP contribution in [0.5, 0.6) is 0 Å². The highest BCUT2D eigenvalue weighted by molar-refractivity contribution is 5.34. The highest BCUT2D eigenvalue weighted by Crippen LogP contribution is 2.37. The van der Waals surface area contributed by atoms with Crippen molar-refractivity contribution in [2.45, 2.75) is 25.6 Å². The van der Waals surface area contributed by atoms with Gasteiger partial charge in [-0.15, -0.1) is 6.58 Å². The van der Waals surface area contributed by atoms with Gasteiger partial charge in [0.2, 0.25) is 0 Å². The molecule has 1 aromatic carbocycles. The summed E-state index contributed by atoms with van der Waals surface area (Å²) >= 11 is 0. The van der Waals surface area contributed by atoms with E-state index in [1.54, 1.807) is 6.92 Å². The van der Waals surface area contributed by atoms with Crippen molar-refractivity contribution in [2.24, 2.45) is 5.73 Å². The topological polar surface area (TPSA) is 26.0 Å². The second kappa shape index (κ2) is 4.87. The van der Waals surface area contributed by atoms with Crippen LogP contribution in [0.3, 0.4) is 0 Å². The summed E-state index contributed by atoms with van der Waals surface area (Å²) in [6, 6.07) is 2.29. The molecule has 1 nitrogen and oxygen atoms in total. The van der Waals surface area contributed by atoms with E-state index in [0.717, 1.165) is 6.07 Å². The Morgan fingerprint density at radius 3 is 2.47 bits per heavy atom. The summed E-state index contributed by atoms with van der Waals surface area (Å²) in [6.45, 7) is 5.24. The smallest absolute Gasteiger partial charge is 0.324 e. The Kier molecular flexibility index (Phi) is 3.93. The molecule has 0 aliphatic rings. The highest BCUT2D eigenvalue weighted by Gasteiger charge is 2.37. The molecule has 0 aliphatic carbocycles. The van der Waals surface area contributed by atoms with Gasteiger partial charge in [0.25, 0.3) is 0 Å². The summed E-state index contributed by atoms with van der Waals surface area (Å²) in [5, 5.41) is 0. The van der Waals surface area contributed by atoms with Crippen molar-refractivity contribution < 1.29 is 17.6 Å². The lowest BCUT2D eigenvalue weighted by Crippen LogP contribution is -2.19. The zero-order valence-corrected chi connectivity index (χ0v) is 9.31. The Labute approximate surface area is 96.9 Å². The van der Waals surface area contributed by atoms with Gasteiger partial charge in [-0.05, 0) is 25.0 Å². The average molecular weight is 247 g/mol. The first-order valence-corrected chi connectivity index (χ1v) is 4.99. The highest BCUT2D eigenvalue weighted by atomic mass is 19.4. The molecule has 0 radical (unpaired) electrons. The van der Waals surface area contributed by atoms with Crippen LogP contribution >= 0.6 is 0 Å². The van der Waals surface area contributed by atoms with Gasteiger partial charge in [-0.3, -0.25) is 0 Å². The van der Waals surface area contributed by atoms with Crippen LogP contribution < -0.4 is 5.73 Å². The molecule has 5 heteroatoms. The van der Waals surface area contributed by atoms with Crippen molar-refractivity contribution in [3.63, 3.8) is 0 Å². The quantitative estimate of drug-likeness (QED) is 0.638. The summed E-state index contributed by atoms with van der Waals surface area (Å²) < 4.78 is 51.3. The van der Waals surface area contributed by atoms with Gasteiger partial charge in [-0.1, -0.05) is 17.7 Å². The van der Waals surface area contributed by atoms with Crippen LogP contribution in [0.2, 0.25) is 0 Å². The number of nitrogens with two attached hydrogens (primary N) is 1. The van der Waals surface area contributed by atoms with Crippen molar-refractivity contribution in [1.82, 2.24) is 0 Å². The molecule has 0 fully saturated rings. The van der Waals surface area contributed by atoms with Crippen molar-refractivity contribution in [2.75, 3.05) is 0 Å². The van der Waals surface area contributed by atoms with Gasteiger partial charge in [0, 0.05) is 6.04 Å². The SMILES string of the molecule is C=C(C)C[C@@H](N)c1cccc(F)c1C(F)(F)F. The summed E-state index contributed by atoms with van der Waals surface area (Å²) in [4.78, 5) is 0. The molecule has 0 unspecified atom stereocenters. The van der Waals surface area contributed by atoms with Gasteiger partial charge < -0.3 is 5.73 Å². The molecule has 2 N–H and O–H groups in total. The van der Waals surface area contributed by atoms with E-state index in [-0.39, 0.29) is 12.0 Å².